The third-order valence-electron chi connectivity index (χ3n) is 2.74. The summed E-state index contributed by atoms with van der Waals surface area (Å²) in [6.07, 6.45) is 2.28. The fourth-order valence-electron chi connectivity index (χ4n) is 1.92. The van der Waals surface area contributed by atoms with Crippen LogP contribution in [0.2, 0.25) is 0 Å². The summed E-state index contributed by atoms with van der Waals surface area (Å²) in [7, 11) is 0. The zero-order chi connectivity index (χ0) is 11.1. The van der Waals surface area contributed by atoms with Crippen molar-refractivity contribution in [1.29, 1.82) is 0 Å². The van der Waals surface area contributed by atoms with Gasteiger partial charge in [0.05, 0.1) is 17.7 Å². The summed E-state index contributed by atoms with van der Waals surface area (Å²) < 4.78 is 5.43. The van der Waals surface area contributed by atoms with E-state index in [2.05, 4.69) is 4.98 Å². The molecule has 0 bridgehead atoms. The van der Waals surface area contributed by atoms with Gasteiger partial charge in [0.15, 0.2) is 0 Å². The van der Waals surface area contributed by atoms with Gasteiger partial charge in [-0.3, -0.25) is 4.98 Å². The number of hydrogen-bond acceptors (Lipinski definition) is 3. The second-order valence-electron chi connectivity index (χ2n) is 3.78. The first-order valence-corrected chi connectivity index (χ1v) is 5.03. The van der Waals surface area contributed by atoms with Crippen LogP contribution in [0.15, 0.2) is 24.4 Å². The van der Waals surface area contributed by atoms with E-state index < -0.39 is 5.97 Å². The molecule has 1 aliphatic rings. The Morgan fingerprint density at radius 1 is 1.38 bits per heavy atom. The molecule has 1 aromatic carbocycles. The van der Waals surface area contributed by atoms with Crippen LogP contribution in [0.5, 0.6) is 5.75 Å². The molecule has 0 spiro atoms. The van der Waals surface area contributed by atoms with Gasteiger partial charge in [0, 0.05) is 18.0 Å². The van der Waals surface area contributed by atoms with Crippen LogP contribution in [0.3, 0.4) is 0 Å². The molecule has 0 radical (unpaired) electrons. The molecule has 0 unspecified atom stereocenters. The van der Waals surface area contributed by atoms with Crippen molar-refractivity contribution < 1.29 is 14.6 Å². The van der Waals surface area contributed by atoms with Crippen molar-refractivity contribution in [2.24, 2.45) is 0 Å². The molecule has 4 nitrogen and oxygen atoms in total. The molecule has 1 aromatic heterocycles. The summed E-state index contributed by atoms with van der Waals surface area (Å²) in [5.41, 5.74) is 2.16. The molecule has 2 heterocycles. The Morgan fingerprint density at radius 2 is 2.25 bits per heavy atom. The lowest BCUT2D eigenvalue weighted by atomic mass is 10.1. The maximum atomic E-state index is 10.8. The first-order valence-electron chi connectivity index (χ1n) is 5.03. The number of fused-ring (bicyclic) bond motifs is 2. The number of nitrogens with zero attached hydrogens (tertiary/aromatic N) is 1. The third-order valence-corrected chi connectivity index (χ3v) is 2.74. The molecule has 16 heavy (non-hydrogen) atoms. The lowest BCUT2D eigenvalue weighted by Gasteiger charge is -2.02. The van der Waals surface area contributed by atoms with E-state index in [0.29, 0.717) is 6.61 Å². The lowest BCUT2D eigenvalue weighted by Crippen LogP contribution is -1.97. The van der Waals surface area contributed by atoms with E-state index in [-0.39, 0.29) is 5.56 Å². The Morgan fingerprint density at radius 3 is 3.06 bits per heavy atom. The molecule has 4 heteroatoms. The van der Waals surface area contributed by atoms with Crippen molar-refractivity contribution in [2.45, 2.75) is 6.42 Å². The van der Waals surface area contributed by atoms with E-state index in [1.165, 1.54) is 6.20 Å². The van der Waals surface area contributed by atoms with E-state index in [1.54, 1.807) is 6.07 Å². The highest BCUT2D eigenvalue weighted by Crippen LogP contribution is 2.29. The molecule has 0 aliphatic carbocycles. The summed E-state index contributed by atoms with van der Waals surface area (Å²) in [4.78, 5) is 15.0. The summed E-state index contributed by atoms with van der Waals surface area (Å²) in [5, 5.41) is 9.67. The van der Waals surface area contributed by atoms with Gasteiger partial charge in [-0.1, -0.05) is 0 Å². The van der Waals surface area contributed by atoms with Crippen molar-refractivity contribution in [2.75, 3.05) is 6.61 Å². The van der Waals surface area contributed by atoms with Crippen LogP contribution in [-0.4, -0.2) is 22.7 Å². The fraction of sp³-hybridized carbons (Fsp3) is 0.167. The molecule has 0 atom stereocenters. The maximum Gasteiger partial charge on any atom is 0.337 e. The molecule has 2 aromatic rings. The van der Waals surface area contributed by atoms with Gasteiger partial charge in [0.1, 0.15) is 5.75 Å². The van der Waals surface area contributed by atoms with Crippen LogP contribution in [-0.2, 0) is 6.42 Å². The van der Waals surface area contributed by atoms with Crippen molar-refractivity contribution in [1.82, 2.24) is 4.98 Å². The van der Waals surface area contributed by atoms with Crippen LogP contribution < -0.4 is 4.74 Å². The maximum absolute atomic E-state index is 10.8. The van der Waals surface area contributed by atoms with Gasteiger partial charge in [-0.2, -0.15) is 0 Å². The number of hydrogen-bond donors (Lipinski definition) is 1. The van der Waals surface area contributed by atoms with Crippen LogP contribution in [0.25, 0.3) is 10.9 Å². The molecular formula is C12H9NO3. The normalized spacial score (nSPS) is 13.5. The molecule has 0 fully saturated rings. The van der Waals surface area contributed by atoms with Crippen molar-refractivity contribution in [3.63, 3.8) is 0 Å². The molecule has 1 aliphatic heterocycles. The number of aromatic carboxylic acids is 1. The van der Waals surface area contributed by atoms with Gasteiger partial charge >= 0.3 is 5.97 Å². The van der Waals surface area contributed by atoms with Crippen LogP contribution in [0.4, 0.5) is 0 Å². The van der Waals surface area contributed by atoms with Gasteiger partial charge in [-0.15, -0.1) is 0 Å². The molecule has 80 valence electrons. The number of rotatable bonds is 1. The number of pyridine rings is 1. The van der Waals surface area contributed by atoms with Gasteiger partial charge in [-0.25, -0.2) is 4.79 Å². The molecule has 0 amide bonds. The second kappa shape index (κ2) is 3.20. The number of carboxylic acids is 1. The summed E-state index contributed by atoms with van der Waals surface area (Å²) >= 11 is 0. The van der Waals surface area contributed by atoms with E-state index >= 15 is 0 Å². The quantitative estimate of drug-likeness (QED) is 0.788. The van der Waals surface area contributed by atoms with Gasteiger partial charge in [-0.05, 0) is 23.8 Å². The first kappa shape index (κ1) is 9.15. The predicted octanol–water partition coefficient (Wildman–Crippen LogP) is 1.87. The highest BCUT2D eigenvalue weighted by atomic mass is 16.5. The van der Waals surface area contributed by atoms with Crippen molar-refractivity contribution >= 4 is 16.9 Å². The minimum atomic E-state index is -0.962. The molecule has 0 saturated heterocycles. The first-order chi connectivity index (χ1) is 7.74. The van der Waals surface area contributed by atoms with Gasteiger partial charge < -0.3 is 9.84 Å². The fourth-order valence-corrected chi connectivity index (χ4v) is 1.92. The number of aromatic nitrogens is 1. The monoisotopic (exact) mass is 215 g/mol. The van der Waals surface area contributed by atoms with E-state index in [9.17, 15) is 4.79 Å². The highest BCUT2D eigenvalue weighted by molar-refractivity contribution is 5.93. The minimum absolute atomic E-state index is 0.199. The number of benzene rings is 1. The Labute approximate surface area is 91.5 Å². The third kappa shape index (κ3) is 1.31. The van der Waals surface area contributed by atoms with Gasteiger partial charge in [0.2, 0.25) is 0 Å². The topological polar surface area (TPSA) is 59.4 Å². The highest BCUT2D eigenvalue weighted by Gasteiger charge is 2.14. The smallest absolute Gasteiger partial charge is 0.337 e. The average Bonchev–Trinajstić information content (AvgIpc) is 2.71. The Bertz CT molecular complexity index is 592. The van der Waals surface area contributed by atoms with Crippen molar-refractivity contribution in [3.05, 3.63) is 35.5 Å². The minimum Gasteiger partial charge on any atom is -0.493 e. The van der Waals surface area contributed by atoms with Crippen LogP contribution in [0.1, 0.15) is 15.9 Å². The zero-order valence-corrected chi connectivity index (χ0v) is 8.43. The lowest BCUT2D eigenvalue weighted by molar-refractivity contribution is 0.0696. The van der Waals surface area contributed by atoms with E-state index in [1.807, 2.05) is 12.1 Å². The number of ether oxygens (including phenoxy) is 1. The van der Waals surface area contributed by atoms with E-state index in [4.69, 9.17) is 9.84 Å². The number of carboxylic acid groups (broad SMARTS) is 1. The second-order valence-corrected chi connectivity index (χ2v) is 3.78. The SMILES string of the molecule is O=C(O)c1cnc2cc3c(cc2c1)OCC3. The standard InChI is InChI=1S/C12H9NO3/c14-12(15)9-3-8-5-11-7(1-2-16-11)4-10(8)13-6-9/h3-6H,1-2H2,(H,14,15). The Balaban J connectivity index is 2.24. The number of carbonyl (C=O) groups is 1. The molecule has 3 rings (SSSR count). The Hall–Kier alpha value is -2.10. The molecule has 1 N–H and O–H groups in total. The zero-order valence-electron chi connectivity index (χ0n) is 8.43. The van der Waals surface area contributed by atoms with Crippen molar-refractivity contribution in [3.8, 4) is 5.75 Å². The largest absolute Gasteiger partial charge is 0.493 e. The summed E-state index contributed by atoms with van der Waals surface area (Å²) in [6.45, 7) is 0.692. The van der Waals surface area contributed by atoms with Crippen LogP contribution >= 0.6 is 0 Å². The predicted molar refractivity (Wildman–Crippen MR) is 57.9 cm³/mol. The van der Waals surface area contributed by atoms with E-state index in [0.717, 1.165) is 28.6 Å². The molecular weight excluding hydrogens is 206 g/mol. The average molecular weight is 215 g/mol. The Kier molecular flexibility index (Phi) is 1.83. The summed E-state index contributed by atoms with van der Waals surface area (Å²) in [5.74, 6) is -0.118. The van der Waals surface area contributed by atoms with Crippen LogP contribution in [0, 0.1) is 0 Å². The molecule has 0 saturated carbocycles. The summed E-state index contributed by atoms with van der Waals surface area (Å²) in [6, 6.07) is 5.44. The van der Waals surface area contributed by atoms with Gasteiger partial charge in [0.25, 0.3) is 0 Å².